The van der Waals surface area contributed by atoms with Crippen LogP contribution in [0, 0.1) is 17.1 Å². The molecule has 0 aliphatic heterocycles. The summed E-state index contributed by atoms with van der Waals surface area (Å²) in [6.45, 7) is 0. The molecular weight excluding hydrogens is 497 g/mol. The Morgan fingerprint density at radius 1 is 0.575 bits per heavy atom. The van der Waals surface area contributed by atoms with Crippen molar-refractivity contribution in [2.45, 2.75) is 0 Å². The smallest absolute Gasteiger partial charge is 0.167 e. The van der Waals surface area contributed by atoms with Crippen molar-refractivity contribution in [2.24, 2.45) is 0 Å². The monoisotopic (exact) mass is 517 g/mol. The number of hydrogen-bond donors (Lipinski definition) is 0. The lowest BCUT2D eigenvalue weighted by molar-refractivity contribution is 0.630. The summed E-state index contributed by atoms with van der Waals surface area (Å²) in [6, 6.07) is 40.3. The molecule has 0 saturated carbocycles. The van der Waals surface area contributed by atoms with Gasteiger partial charge in [-0.2, -0.15) is 5.26 Å². The van der Waals surface area contributed by atoms with Crippen LogP contribution in [0.2, 0.25) is 0 Å². The van der Waals surface area contributed by atoms with E-state index in [1.54, 1.807) is 36.4 Å². The Morgan fingerprint density at radius 2 is 1.25 bits per heavy atom. The zero-order valence-electron chi connectivity index (χ0n) is 21.2. The van der Waals surface area contributed by atoms with Gasteiger partial charge in [0.25, 0.3) is 0 Å². The average Bonchev–Trinajstić information content (AvgIpc) is 3.35. The number of fused-ring (bicyclic) bond motifs is 3. The van der Waals surface area contributed by atoms with Gasteiger partial charge in [-0.1, -0.05) is 60.7 Å². The van der Waals surface area contributed by atoms with E-state index in [1.807, 2.05) is 42.5 Å². The fourth-order valence-corrected chi connectivity index (χ4v) is 5.09. The van der Waals surface area contributed by atoms with Crippen LogP contribution in [0.4, 0.5) is 4.39 Å². The normalized spacial score (nSPS) is 11.1. The van der Waals surface area contributed by atoms with E-state index >= 15 is 0 Å². The topological polar surface area (TPSA) is 67.4 Å². The summed E-state index contributed by atoms with van der Waals surface area (Å²) in [7, 11) is 0. The number of rotatable bonds is 4. The molecule has 0 aliphatic rings. The number of benzene rings is 5. The van der Waals surface area contributed by atoms with Crippen LogP contribution in [0.15, 0.2) is 121 Å². The fourth-order valence-electron chi connectivity index (χ4n) is 5.09. The molecule has 0 bridgehead atoms. The first-order valence-electron chi connectivity index (χ1n) is 12.8. The van der Waals surface area contributed by atoms with Crippen LogP contribution in [-0.2, 0) is 0 Å². The van der Waals surface area contributed by atoms with E-state index in [9.17, 15) is 9.65 Å². The molecule has 2 heterocycles. The van der Waals surface area contributed by atoms with Crippen molar-refractivity contribution in [3.8, 4) is 45.9 Å². The maximum atomic E-state index is 14.9. The maximum Gasteiger partial charge on any atom is 0.167 e. The van der Waals surface area contributed by atoms with Gasteiger partial charge >= 0.3 is 0 Å². The van der Waals surface area contributed by atoms with E-state index in [4.69, 9.17) is 9.97 Å². The van der Waals surface area contributed by atoms with Crippen LogP contribution in [0.25, 0.3) is 61.7 Å². The van der Waals surface area contributed by atoms with Crippen LogP contribution in [-0.4, -0.2) is 19.5 Å². The molecule has 188 valence electrons. The van der Waals surface area contributed by atoms with E-state index in [0.29, 0.717) is 22.8 Å². The predicted molar refractivity (Wildman–Crippen MR) is 155 cm³/mol. The molecule has 0 aliphatic carbocycles. The van der Waals surface area contributed by atoms with Gasteiger partial charge in [-0.3, -0.25) is 0 Å². The first kappa shape index (κ1) is 23.4. The van der Waals surface area contributed by atoms with Gasteiger partial charge in [-0.15, -0.1) is 0 Å². The third-order valence-corrected chi connectivity index (χ3v) is 6.95. The van der Waals surface area contributed by atoms with Crippen LogP contribution >= 0.6 is 0 Å². The lowest BCUT2D eigenvalue weighted by Gasteiger charge is -2.10. The molecule has 7 aromatic rings. The van der Waals surface area contributed by atoms with E-state index < -0.39 is 5.82 Å². The summed E-state index contributed by atoms with van der Waals surface area (Å²) in [6.07, 6.45) is 0. The molecule has 0 spiro atoms. The highest BCUT2D eigenvalue weighted by molar-refractivity contribution is 6.10. The number of nitrogens with zero attached hydrogens (tertiary/aromatic N) is 5. The van der Waals surface area contributed by atoms with Crippen molar-refractivity contribution in [3.05, 3.63) is 133 Å². The highest BCUT2D eigenvalue weighted by Crippen LogP contribution is 2.35. The Kier molecular flexibility index (Phi) is 5.61. The Hall–Kier alpha value is -5.67. The van der Waals surface area contributed by atoms with Gasteiger partial charge in [0.2, 0.25) is 0 Å². The molecule has 7 rings (SSSR count). The molecule has 0 amide bonds. The van der Waals surface area contributed by atoms with Crippen LogP contribution in [0.1, 0.15) is 5.56 Å². The third kappa shape index (κ3) is 3.98. The minimum atomic E-state index is -0.419. The SMILES string of the molecule is N#Cc1cccc(-c2nc(-c3ccc4c(c3)c3ccccc3n4-c3ccccc3)nc(-c3ccccc3F)n2)c1. The molecule has 0 fully saturated rings. The van der Waals surface area contributed by atoms with E-state index in [1.165, 1.54) is 6.07 Å². The first-order valence-corrected chi connectivity index (χ1v) is 12.8. The van der Waals surface area contributed by atoms with Gasteiger partial charge in [0.05, 0.1) is 28.2 Å². The molecule has 6 heteroatoms. The van der Waals surface area contributed by atoms with Crippen molar-refractivity contribution < 1.29 is 4.39 Å². The number of para-hydroxylation sites is 2. The van der Waals surface area contributed by atoms with Gasteiger partial charge in [-0.25, -0.2) is 19.3 Å². The second-order valence-corrected chi connectivity index (χ2v) is 9.40. The fraction of sp³-hybridized carbons (Fsp3) is 0. The van der Waals surface area contributed by atoms with E-state index in [0.717, 1.165) is 33.1 Å². The Balaban J connectivity index is 1.47. The molecule has 2 aromatic heterocycles. The second kappa shape index (κ2) is 9.57. The van der Waals surface area contributed by atoms with Crippen molar-refractivity contribution in [1.82, 2.24) is 19.5 Å². The number of nitriles is 1. The molecule has 0 N–H and O–H groups in total. The summed E-state index contributed by atoms with van der Waals surface area (Å²) in [5.74, 6) is 0.598. The highest BCUT2D eigenvalue weighted by atomic mass is 19.1. The summed E-state index contributed by atoms with van der Waals surface area (Å²) < 4.78 is 17.1. The molecule has 5 aromatic carbocycles. The second-order valence-electron chi connectivity index (χ2n) is 9.40. The predicted octanol–water partition coefficient (Wildman–Crippen LogP) is 7.98. The number of halogens is 1. The zero-order valence-corrected chi connectivity index (χ0v) is 21.2. The van der Waals surface area contributed by atoms with Crippen LogP contribution in [0.3, 0.4) is 0 Å². The van der Waals surface area contributed by atoms with E-state index in [-0.39, 0.29) is 11.4 Å². The summed E-state index contributed by atoms with van der Waals surface area (Å²) in [4.78, 5) is 14.1. The lowest BCUT2D eigenvalue weighted by Crippen LogP contribution is -2.01. The van der Waals surface area contributed by atoms with Gasteiger partial charge in [0.1, 0.15) is 5.82 Å². The van der Waals surface area contributed by atoms with Crippen molar-refractivity contribution in [2.75, 3.05) is 0 Å². The van der Waals surface area contributed by atoms with Crippen molar-refractivity contribution in [1.29, 1.82) is 5.26 Å². The zero-order chi connectivity index (χ0) is 27.1. The maximum absolute atomic E-state index is 14.9. The Bertz CT molecular complexity index is 2090. The first-order chi connectivity index (χ1) is 19.7. The molecule has 5 nitrogen and oxygen atoms in total. The van der Waals surface area contributed by atoms with Gasteiger partial charge in [0, 0.05) is 27.6 Å². The summed E-state index contributed by atoms with van der Waals surface area (Å²) >= 11 is 0. The van der Waals surface area contributed by atoms with E-state index in [2.05, 4.69) is 52.0 Å². The molecular formula is C34H20FN5. The molecule has 0 unspecified atom stereocenters. The summed E-state index contributed by atoms with van der Waals surface area (Å²) in [5.41, 5.74) is 5.43. The molecule has 0 radical (unpaired) electrons. The third-order valence-electron chi connectivity index (χ3n) is 6.95. The minimum absolute atomic E-state index is 0.229. The van der Waals surface area contributed by atoms with Crippen LogP contribution < -0.4 is 0 Å². The molecule has 40 heavy (non-hydrogen) atoms. The minimum Gasteiger partial charge on any atom is -0.309 e. The Morgan fingerprint density at radius 3 is 2.05 bits per heavy atom. The van der Waals surface area contributed by atoms with Gasteiger partial charge in [0.15, 0.2) is 17.5 Å². The number of aromatic nitrogens is 4. The molecule has 0 saturated heterocycles. The summed E-state index contributed by atoms with van der Waals surface area (Å²) in [5, 5.41) is 11.6. The standard InChI is InChI=1S/C34H20FN5/c35-29-15-6-4-14-27(29)34-38-32(23-10-8-9-22(19-23)21-36)37-33(39-34)24-17-18-31-28(20-24)26-13-5-7-16-30(26)40(31)25-11-2-1-3-12-25/h1-20H. The molecule has 0 atom stereocenters. The van der Waals surface area contributed by atoms with Gasteiger partial charge < -0.3 is 4.57 Å². The van der Waals surface area contributed by atoms with Crippen LogP contribution in [0.5, 0.6) is 0 Å². The number of hydrogen-bond acceptors (Lipinski definition) is 4. The van der Waals surface area contributed by atoms with Crippen molar-refractivity contribution >= 4 is 21.8 Å². The largest absolute Gasteiger partial charge is 0.309 e. The van der Waals surface area contributed by atoms with Crippen molar-refractivity contribution in [3.63, 3.8) is 0 Å². The average molecular weight is 518 g/mol. The quantitative estimate of drug-likeness (QED) is 0.237. The van der Waals surface area contributed by atoms with Gasteiger partial charge in [-0.05, 0) is 60.7 Å². The Labute approximate surface area is 229 Å². The highest BCUT2D eigenvalue weighted by Gasteiger charge is 2.17. The lowest BCUT2D eigenvalue weighted by atomic mass is 10.1.